The molecule has 0 fully saturated rings. The van der Waals surface area contributed by atoms with Crippen LogP contribution in [0.4, 0.5) is 5.69 Å². The average molecular weight is 164 g/mol. The Kier molecular flexibility index (Phi) is 1.87. The van der Waals surface area contributed by atoms with Crippen LogP contribution in [0.25, 0.3) is 0 Å². The van der Waals surface area contributed by atoms with E-state index in [2.05, 4.69) is 5.32 Å². The molecular formula is C9H12N2O. The summed E-state index contributed by atoms with van der Waals surface area (Å²) in [5, 5.41) is 3.30. The topological polar surface area (TPSA) is 47.3 Å². The molecule has 2 rings (SSSR count). The van der Waals surface area contributed by atoms with Crippen molar-refractivity contribution in [1.82, 2.24) is 0 Å². The van der Waals surface area contributed by atoms with E-state index in [-0.39, 0.29) is 6.04 Å². The first-order valence-corrected chi connectivity index (χ1v) is 4.08. The molecule has 12 heavy (non-hydrogen) atoms. The maximum atomic E-state index is 5.52. The highest BCUT2D eigenvalue weighted by Gasteiger charge is 2.15. The zero-order valence-electron chi connectivity index (χ0n) is 6.79. The van der Waals surface area contributed by atoms with Crippen molar-refractivity contribution in [2.45, 2.75) is 6.04 Å². The van der Waals surface area contributed by atoms with E-state index >= 15 is 0 Å². The molecule has 1 aromatic rings. The molecule has 1 aliphatic rings. The summed E-state index contributed by atoms with van der Waals surface area (Å²) in [5.74, 6) is 0.919. The average Bonchev–Trinajstić information content (AvgIpc) is 2.17. The van der Waals surface area contributed by atoms with Gasteiger partial charge in [0, 0.05) is 6.54 Å². The molecule has 0 amide bonds. The fourth-order valence-electron chi connectivity index (χ4n) is 1.29. The van der Waals surface area contributed by atoms with E-state index in [4.69, 9.17) is 10.5 Å². The minimum Gasteiger partial charge on any atom is -0.489 e. The number of rotatable bonds is 1. The Morgan fingerprint density at radius 3 is 3.17 bits per heavy atom. The van der Waals surface area contributed by atoms with Crippen LogP contribution < -0.4 is 15.8 Å². The molecule has 0 saturated carbocycles. The van der Waals surface area contributed by atoms with Crippen LogP contribution in [0.5, 0.6) is 5.75 Å². The van der Waals surface area contributed by atoms with Crippen LogP contribution in [-0.4, -0.2) is 19.2 Å². The second-order valence-electron chi connectivity index (χ2n) is 2.88. The SMILES string of the molecule is NC[C@@H]1COc2ccccc2N1. The standard InChI is InChI=1S/C9H12N2O/c10-5-7-6-12-9-4-2-1-3-8(9)11-7/h1-4,7,11H,5-6,10H2/t7-/m1/s1. The molecule has 0 spiro atoms. The van der Waals surface area contributed by atoms with Crippen molar-refractivity contribution in [1.29, 1.82) is 0 Å². The lowest BCUT2D eigenvalue weighted by molar-refractivity contribution is 0.287. The number of hydrogen-bond acceptors (Lipinski definition) is 3. The van der Waals surface area contributed by atoms with Gasteiger partial charge in [0.15, 0.2) is 0 Å². The van der Waals surface area contributed by atoms with Gasteiger partial charge in [-0.3, -0.25) is 0 Å². The summed E-state index contributed by atoms with van der Waals surface area (Å²) >= 11 is 0. The highest BCUT2D eigenvalue weighted by atomic mass is 16.5. The molecule has 0 aliphatic carbocycles. The van der Waals surface area contributed by atoms with Crippen molar-refractivity contribution in [3.63, 3.8) is 0 Å². The summed E-state index contributed by atoms with van der Waals surface area (Å²) < 4.78 is 5.48. The first-order chi connectivity index (χ1) is 5.90. The Balaban J connectivity index is 2.23. The summed E-state index contributed by atoms with van der Waals surface area (Å²) in [6.45, 7) is 1.27. The fraction of sp³-hybridized carbons (Fsp3) is 0.333. The molecule has 0 bridgehead atoms. The number of para-hydroxylation sites is 2. The Labute approximate surface area is 71.5 Å². The zero-order chi connectivity index (χ0) is 8.39. The molecule has 0 aromatic heterocycles. The number of ether oxygens (including phenoxy) is 1. The number of nitrogens with two attached hydrogens (primary N) is 1. The second kappa shape index (κ2) is 3.03. The van der Waals surface area contributed by atoms with E-state index in [9.17, 15) is 0 Å². The Morgan fingerprint density at radius 1 is 1.50 bits per heavy atom. The quantitative estimate of drug-likeness (QED) is 0.646. The van der Waals surface area contributed by atoms with Crippen molar-refractivity contribution < 1.29 is 4.74 Å². The Morgan fingerprint density at radius 2 is 2.33 bits per heavy atom. The molecule has 1 atom stereocenters. The van der Waals surface area contributed by atoms with Crippen LogP contribution in [0.2, 0.25) is 0 Å². The predicted molar refractivity (Wildman–Crippen MR) is 48.4 cm³/mol. The van der Waals surface area contributed by atoms with Gasteiger partial charge in [-0.1, -0.05) is 12.1 Å². The monoisotopic (exact) mass is 164 g/mol. The highest BCUT2D eigenvalue weighted by Crippen LogP contribution is 2.27. The molecule has 0 saturated heterocycles. The number of benzene rings is 1. The van der Waals surface area contributed by atoms with E-state index in [1.54, 1.807) is 0 Å². The van der Waals surface area contributed by atoms with Crippen LogP contribution >= 0.6 is 0 Å². The molecule has 1 aliphatic heterocycles. The summed E-state index contributed by atoms with van der Waals surface area (Å²) in [4.78, 5) is 0. The molecule has 3 N–H and O–H groups in total. The van der Waals surface area contributed by atoms with Crippen molar-refractivity contribution in [2.24, 2.45) is 5.73 Å². The predicted octanol–water partition coefficient (Wildman–Crippen LogP) is 0.818. The van der Waals surface area contributed by atoms with Gasteiger partial charge in [-0.2, -0.15) is 0 Å². The minimum atomic E-state index is 0.250. The van der Waals surface area contributed by atoms with Crippen molar-refractivity contribution >= 4 is 5.69 Å². The van der Waals surface area contributed by atoms with Gasteiger partial charge in [0.05, 0.1) is 11.7 Å². The first-order valence-electron chi connectivity index (χ1n) is 4.08. The van der Waals surface area contributed by atoms with Gasteiger partial charge in [0.1, 0.15) is 12.4 Å². The summed E-state index contributed by atoms with van der Waals surface area (Å²) in [5.41, 5.74) is 6.56. The lowest BCUT2D eigenvalue weighted by Crippen LogP contribution is -2.37. The number of fused-ring (bicyclic) bond motifs is 1. The van der Waals surface area contributed by atoms with Gasteiger partial charge in [0.2, 0.25) is 0 Å². The Hall–Kier alpha value is -1.22. The third-order valence-corrected chi connectivity index (χ3v) is 1.97. The van der Waals surface area contributed by atoms with Gasteiger partial charge in [-0.05, 0) is 12.1 Å². The third kappa shape index (κ3) is 1.23. The molecule has 1 heterocycles. The van der Waals surface area contributed by atoms with E-state index in [1.165, 1.54) is 0 Å². The number of hydrogen-bond donors (Lipinski definition) is 2. The van der Waals surface area contributed by atoms with E-state index in [0.29, 0.717) is 13.2 Å². The van der Waals surface area contributed by atoms with Gasteiger partial charge >= 0.3 is 0 Å². The lowest BCUT2D eigenvalue weighted by Gasteiger charge is -2.26. The number of nitrogens with one attached hydrogen (secondary N) is 1. The highest BCUT2D eigenvalue weighted by molar-refractivity contribution is 5.58. The van der Waals surface area contributed by atoms with E-state index in [1.807, 2.05) is 24.3 Å². The maximum absolute atomic E-state index is 5.52. The largest absolute Gasteiger partial charge is 0.489 e. The van der Waals surface area contributed by atoms with Crippen molar-refractivity contribution in [2.75, 3.05) is 18.5 Å². The van der Waals surface area contributed by atoms with Crippen LogP contribution in [0, 0.1) is 0 Å². The smallest absolute Gasteiger partial charge is 0.142 e. The fourth-order valence-corrected chi connectivity index (χ4v) is 1.29. The second-order valence-corrected chi connectivity index (χ2v) is 2.88. The van der Waals surface area contributed by atoms with Crippen LogP contribution in [-0.2, 0) is 0 Å². The first kappa shape index (κ1) is 7.43. The zero-order valence-corrected chi connectivity index (χ0v) is 6.79. The molecular weight excluding hydrogens is 152 g/mol. The Bertz CT molecular complexity index is 275. The maximum Gasteiger partial charge on any atom is 0.142 e. The lowest BCUT2D eigenvalue weighted by atomic mass is 10.2. The van der Waals surface area contributed by atoms with E-state index < -0.39 is 0 Å². The molecule has 1 aromatic carbocycles. The minimum absolute atomic E-state index is 0.250. The molecule has 64 valence electrons. The van der Waals surface area contributed by atoms with Crippen LogP contribution in [0.15, 0.2) is 24.3 Å². The van der Waals surface area contributed by atoms with Crippen molar-refractivity contribution in [3.8, 4) is 5.75 Å². The van der Waals surface area contributed by atoms with Gasteiger partial charge in [-0.15, -0.1) is 0 Å². The van der Waals surface area contributed by atoms with Gasteiger partial charge in [-0.25, -0.2) is 0 Å². The van der Waals surface area contributed by atoms with Crippen LogP contribution in [0.3, 0.4) is 0 Å². The summed E-state index contributed by atoms with van der Waals surface area (Å²) in [6.07, 6.45) is 0. The van der Waals surface area contributed by atoms with Crippen LogP contribution in [0.1, 0.15) is 0 Å². The molecule has 3 nitrogen and oxygen atoms in total. The molecule has 0 radical (unpaired) electrons. The molecule has 0 unspecified atom stereocenters. The summed E-state index contributed by atoms with van der Waals surface area (Å²) in [6, 6.07) is 8.14. The van der Waals surface area contributed by atoms with Gasteiger partial charge in [0.25, 0.3) is 0 Å². The van der Waals surface area contributed by atoms with E-state index in [0.717, 1.165) is 11.4 Å². The van der Waals surface area contributed by atoms with Crippen molar-refractivity contribution in [3.05, 3.63) is 24.3 Å². The van der Waals surface area contributed by atoms with Gasteiger partial charge < -0.3 is 15.8 Å². The summed E-state index contributed by atoms with van der Waals surface area (Å²) in [7, 11) is 0. The normalized spacial score (nSPS) is 20.6. The number of anilines is 1. The molecule has 3 heteroatoms. The third-order valence-electron chi connectivity index (χ3n) is 1.97.